The van der Waals surface area contributed by atoms with Crippen LogP contribution in [0.15, 0.2) is 48.5 Å². The number of aliphatic hydroxyl groups is 1. The van der Waals surface area contributed by atoms with Crippen LogP contribution in [-0.4, -0.2) is 11.2 Å². The number of halogens is 1. The van der Waals surface area contributed by atoms with Crippen LogP contribution in [0.3, 0.4) is 0 Å². The van der Waals surface area contributed by atoms with Gasteiger partial charge in [0.05, 0.1) is 6.10 Å². The molecule has 0 saturated heterocycles. The third-order valence-electron chi connectivity index (χ3n) is 3.69. The number of rotatable bonds is 3. The minimum absolute atomic E-state index is 0.278. The molecule has 3 rings (SSSR count). The van der Waals surface area contributed by atoms with Crippen LogP contribution in [0, 0.1) is 0 Å². The van der Waals surface area contributed by atoms with Gasteiger partial charge >= 0.3 is 0 Å². The second-order valence-electron chi connectivity index (χ2n) is 4.91. The Bertz CT molecular complexity index is 565. The molecule has 0 bridgehead atoms. The van der Waals surface area contributed by atoms with E-state index in [0.29, 0.717) is 6.42 Å². The van der Waals surface area contributed by atoms with E-state index >= 15 is 0 Å². The quantitative estimate of drug-likeness (QED) is 0.892. The molecule has 0 aromatic heterocycles. The first-order chi connectivity index (χ1) is 8.74. The standard InChI is InChI=1S/C16H15ClO/c17-13-6-3-4-11(8-13)9-16(18)15-10-12-5-1-2-7-14(12)15/h1-8,15-16,18H,9-10H2. The molecule has 1 aliphatic carbocycles. The van der Waals surface area contributed by atoms with Crippen LogP contribution in [-0.2, 0) is 12.8 Å². The van der Waals surface area contributed by atoms with Gasteiger partial charge in [-0.1, -0.05) is 48.0 Å². The maximum Gasteiger partial charge on any atom is 0.0652 e. The lowest BCUT2D eigenvalue weighted by molar-refractivity contribution is 0.133. The molecular formula is C16H15ClO. The van der Waals surface area contributed by atoms with Crippen molar-refractivity contribution < 1.29 is 5.11 Å². The lowest BCUT2D eigenvalue weighted by Gasteiger charge is -2.34. The van der Waals surface area contributed by atoms with Crippen molar-refractivity contribution in [3.8, 4) is 0 Å². The molecule has 0 radical (unpaired) electrons. The summed E-state index contributed by atoms with van der Waals surface area (Å²) in [5.74, 6) is 0.278. The van der Waals surface area contributed by atoms with Crippen LogP contribution in [0.1, 0.15) is 22.6 Å². The maximum absolute atomic E-state index is 10.3. The Morgan fingerprint density at radius 3 is 2.78 bits per heavy atom. The summed E-state index contributed by atoms with van der Waals surface area (Å²) in [5, 5.41) is 11.0. The summed E-state index contributed by atoms with van der Waals surface area (Å²) in [7, 11) is 0. The van der Waals surface area contributed by atoms with E-state index in [1.54, 1.807) is 0 Å². The van der Waals surface area contributed by atoms with Crippen molar-refractivity contribution in [2.45, 2.75) is 24.9 Å². The van der Waals surface area contributed by atoms with E-state index in [4.69, 9.17) is 11.6 Å². The molecule has 0 fully saturated rings. The maximum atomic E-state index is 10.3. The highest BCUT2D eigenvalue weighted by Gasteiger charge is 2.31. The van der Waals surface area contributed by atoms with E-state index in [0.717, 1.165) is 17.0 Å². The third kappa shape index (κ3) is 2.16. The van der Waals surface area contributed by atoms with E-state index in [9.17, 15) is 5.11 Å². The van der Waals surface area contributed by atoms with Crippen molar-refractivity contribution in [1.82, 2.24) is 0 Å². The molecule has 2 atom stereocenters. The molecule has 2 heteroatoms. The molecule has 18 heavy (non-hydrogen) atoms. The first kappa shape index (κ1) is 11.8. The molecule has 92 valence electrons. The van der Waals surface area contributed by atoms with Gasteiger partial charge in [-0.05, 0) is 41.7 Å². The molecule has 0 spiro atoms. The van der Waals surface area contributed by atoms with E-state index in [-0.39, 0.29) is 12.0 Å². The van der Waals surface area contributed by atoms with Crippen LogP contribution in [0.5, 0.6) is 0 Å². The highest BCUT2D eigenvalue weighted by atomic mass is 35.5. The normalized spacial score (nSPS) is 18.9. The molecule has 0 aliphatic heterocycles. The first-order valence-corrected chi connectivity index (χ1v) is 6.62. The minimum atomic E-state index is -0.321. The largest absolute Gasteiger partial charge is 0.392 e. The fourth-order valence-electron chi connectivity index (χ4n) is 2.69. The average Bonchev–Trinajstić information content (AvgIpc) is 2.30. The number of fused-ring (bicyclic) bond motifs is 1. The summed E-state index contributed by atoms with van der Waals surface area (Å²) in [5.41, 5.74) is 3.76. The summed E-state index contributed by atoms with van der Waals surface area (Å²) < 4.78 is 0. The molecule has 2 unspecified atom stereocenters. The minimum Gasteiger partial charge on any atom is -0.392 e. The highest BCUT2D eigenvalue weighted by Crippen LogP contribution is 2.38. The fraction of sp³-hybridized carbons (Fsp3) is 0.250. The van der Waals surface area contributed by atoms with Crippen molar-refractivity contribution in [2.75, 3.05) is 0 Å². The van der Waals surface area contributed by atoms with Crippen LogP contribution in [0.25, 0.3) is 0 Å². The molecule has 1 nitrogen and oxygen atoms in total. The second-order valence-corrected chi connectivity index (χ2v) is 5.35. The van der Waals surface area contributed by atoms with Gasteiger partial charge in [-0.3, -0.25) is 0 Å². The van der Waals surface area contributed by atoms with Gasteiger partial charge < -0.3 is 5.11 Å². The molecule has 2 aromatic carbocycles. The van der Waals surface area contributed by atoms with Gasteiger partial charge in [0.25, 0.3) is 0 Å². The second kappa shape index (κ2) is 4.75. The Hall–Kier alpha value is -1.31. The van der Waals surface area contributed by atoms with Gasteiger partial charge in [0, 0.05) is 10.9 Å². The highest BCUT2D eigenvalue weighted by molar-refractivity contribution is 6.30. The Morgan fingerprint density at radius 2 is 2.00 bits per heavy atom. The Kier molecular flexibility index (Phi) is 3.11. The van der Waals surface area contributed by atoms with E-state index < -0.39 is 0 Å². The summed E-state index contributed by atoms with van der Waals surface area (Å²) in [6, 6.07) is 16.1. The summed E-state index contributed by atoms with van der Waals surface area (Å²) in [6.45, 7) is 0. The zero-order valence-corrected chi connectivity index (χ0v) is 10.8. The predicted octanol–water partition coefficient (Wildman–Crippen LogP) is 3.58. The summed E-state index contributed by atoms with van der Waals surface area (Å²) in [6.07, 6.45) is 1.33. The Balaban J connectivity index is 1.72. The number of benzene rings is 2. The van der Waals surface area contributed by atoms with Crippen LogP contribution in [0.2, 0.25) is 5.02 Å². The van der Waals surface area contributed by atoms with Gasteiger partial charge in [-0.25, -0.2) is 0 Å². The van der Waals surface area contributed by atoms with Crippen LogP contribution in [0.4, 0.5) is 0 Å². The van der Waals surface area contributed by atoms with Gasteiger partial charge in [0.2, 0.25) is 0 Å². The van der Waals surface area contributed by atoms with Gasteiger partial charge in [0.1, 0.15) is 0 Å². The lowest BCUT2D eigenvalue weighted by atomic mass is 9.73. The van der Waals surface area contributed by atoms with E-state index in [1.807, 2.05) is 30.3 Å². The molecule has 0 amide bonds. The van der Waals surface area contributed by atoms with Crippen molar-refractivity contribution in [3.05, 3.63) is 70.2 Å². The van der Waals surface area contributed by atoms with E-state index in [1.165, 1.54) is 11.1 Å². The monoisotopic (exact) mass is 258 g/mol. The van der Waals surface area contributed by atoms with E-state index in [2.05, 4.69) is 18.2 Å². The third-order valence-corrected chi connectivity index (χ3v) is 3.93. The van der Waals surface area contributed by atoms with Crippen molar-refractivity contribution in [3.63, 3.8) is 0 Å². The lowest BCUT2D eigenvalue weighted by Crippen LogP contribution is -2.30. The van der Waals surface area contributed by atoms with Crippen molar-refractivity contribution in [1.29, 1.82) is 0 Å². The molecule has 2 aromatic rings. The topological polar surface area (TPSA) is 20.2 Å². The zero-order chi connectivity index (χ0) is 12.5. The van der Waals surface area contributed by atoms with Crippen LogP contribution < -0.4 is 0 Å². The van der Waals surface area contributed by atoms with Gasteiger partial charge in [-0.2, -0.15) is 0 Å². The zero-order valence-electron chi connectivity index (χ0n) is 10.0. The predicted molar refractivity (Wildman–Crippen MR) is 74.0 cm³/mol. The van der Waals surface area contributed by atoms with Crippen LogP contribution >= 0.6 is 11.6 Å². The smallest absolute Gasteiger partial charge is 0.0652 e. The Labute approximate surface area is 112 Å². The summed E-state index contributed by atoms with van der Waals surface area (Å²) in [4.78, 5) is 0. The SMILES string of the molecule is OC(Cc1cccc(Cl)c1)C1Cc2ccccc21. The average molecular weight is 259 g/mol. The molecular weight excluding hydrogens is 244 g/mol. The number of hydrogen-bond acceptors (Lipinski definition) is 1. The first-order valence-electron chi connectivity index (χ1n) is 6.24. The van der Waals surface area contributed by atoms with Crippen molar-refractivity contribution in [2.24, 2.45) is 0 Å². The molecule has 0 saturated carbocycles. The van der Waals surface area contributed by atoms with Gasteiger partial charge in [-0.15, -0.1) is 0 Å². The number of aliphatic hydroxyl groups excluding tert-OH is 1. The Morgan fingerprint density at radius 1 is 1.17 bits per heavy atom. The molecule has 0 heterocycles. The number of hydrogen-bond donors (Lipinski definition) is 1. The van der Waals surface area contributed by atoms with Crippen molar-refractivity contribution >= 4 is 11.6 Å². The molecule has 1 N–H and O–H groups in total. The summed E-state index contributed by atoms with van der Waals surface area (Å²) >= 11 is 5.96. The molecule has 1 aliphatic rings. The van der Waals surface area contributed by atoms with Gasteiger partial charge in [0.15, 0.2) is 0 Å². The fourth-order valence-corrected chi connectivity index (χ4v) is 2.90.